The number of carbonyl (C=O) groups is 2. The van der Waals surface area contributed by atoms with Crippen LogP contribution in [0.2, 0.25) is 0 Å². The van der Waals surface area contributed by atoms with E-state index in [0.717, 1.165) is 6.42 Å². The molecule has 2 aromatic carbocycles. The van der Waals surface area contributed by atoms with Crippen molar-refractivity contribution in [3.63, 3.8) is 0 Å². The molecule has 0 unspecified atom stereocenters. The highest BCUT2D eigenvalue weighted by atomic mass is 32.1. The van der Waals surface area contributed by atoms with E-state index in [9.17, 15) is 9.59 Å². The van der Waals surface area contributed by atoms with Crippen LogP contribution in [0, 0.1) is 0 Å². The van der Waals surface area contributed by atoms with Gasteiger partial charge in [-0.15, -0.1) is 11.3 Å². The minimum Gasteiger partial charge on any atom is -0.304 e. The van der Waals surface area contributed by atoms with Crippen molar-refractivity contribution < 1.29 is 9.59 Å². The van der Waals surface area contributed by atoms with Crippen LogP contribution in [-0.2, 0) is 6.42 Å². The summed E-state index contributed by atoms with van der Waals surface area (Å²) in [5, 5.41) is 5.60. The van der Waals surface area contributed by atoms with Crippen LogP contribution in [0.5, 0.6) is 0 Å². The normalized spacial score (nSPS) is 14.4. The fourth-order valence-corrected chi connectivity index (χ4v) is 4.37. The first-order chi connectivity index (χ1) is 13.7. The number of rotatable bonds is 7. The SMILES string of the molecule is CCc1ccc([C@H](NCCN2C(=O)c3ccccc3C2=O)c2cccs2)cc1. The zero-order valence-electron chi connectivity index (χ0n) is 15.7. The van der Waals surface area contributed by atoms with Gasteiger partial charge in [0.25, 0.3) is 11.8 Å². The molecule has 1 N–H and O–H groups in total. The summed E-state index contributed by atoms with van der Waals surface area (Å²) >= 11 is 1.70. The highest BCUT2D eigenvalue weighted by Gasteiger charge is 2.34. The van der Waals surface area contributed by atoms with Gasteiger partial charge in [-0.05, 0) is 41.1 Å². The third-order valence-corrected chi connectivity index (χ3v) is 6.05. The average molecular weight is 391 g/mol. The Morgan fingerprint density at radius 1 is 0.929 bits per heavy atom. The van der Waals surface area contributed by atoms with Crippen LogP contribution in [-0.4, -0.2) is 29.8 Å². The fourth-order valence-electron chi connectivity index (χ4n) is 3.55. The fraction of sp³-hybridized carbons (Fsp3) is 0.217. The van der Waals surface area contributed by atoms with Gasteiger partial charge in [0.05, 0.1) is 17.2 Å². The Bertz CT molecular complexity index is 945. The summed E-state index contributed by atoms with van der Waals surface area (Å²) in [6.07, 6.45) is 1.01. The molecule has 2 amide bonds. The Labute approximate surface area is 168 Å². The molecule has 0 saturated carbocycles. The molecule has 0 radical (unpaired) electrons. The molecule has 4 rings (SSSR count). The van der Waals surface area contributed by atoms with Gasteiger partial charge in [0.15, 0.2) is 0 Å². The Hall–Kier alpha value is -2.76. The lowest BCUT2D eigenvalue weighted by molar-refractivity contribution is 0.0655. The third kappa shape index (κ3) is 3.51. The van der Waals surface area contributed by atoms with Crippen molar-refractivity contribution in [2.75, 3.05) is 13.1 Å². The van der Waals surface area contributed by atoms with Gasteiger partial charge >= 0.3 is 0 Å². The summed E-state index contributed by atoms with van der Waals surface area (Å²) in [4.78, 5) is 27.6. The Morgan fingerprint density at radius 2 is 1.61 bits per heavy atom. The molecule has 1 aromatic heterocycles. The summed E-state index contributed by atoms with van der Waals surface area (Å²) in [6.45, 7) is 3.02. The van der Waals surface area contributed by atoms with Crippen molar-refractivity contribution in [3.8, 4) is 0 Å². The second-order valence-corrected chi connectivity index (χ2v) is 7.78. The second-order valence-electron chi connectivity index (χ2n) is 6.81. The highest BCUT2D eigenvalue weighted by Crippen LogP contribution is 2.27. The quantitative estimate of drug-likeness (QED) is 0.613. The van der Waals surface area contributed by atoms with Crippen molar-refractivity contribution >= 4 is 23.2 Å². The van der Waals surface area contributed by atoms with Crippen molar-refractivity contribution in [3.05, 3.63) is 93.2 Å². The predicted molar refractivity (Wildman–Crippen MR) is 112 cm³/mol. The summed E-state index contributed by atoms with van der Waals surface area (Å²) < 4.78 is 0. The molecule has 1 aliphatic rings. The maximum absolute atomic E-state index is 12.5. The number of fused-ring (bicyclic) bond motifs is 1. The van der Waals surface area contributed by atoms with Crippen LogP contribution in [0.3, 0.4) is 0 Å². The molecule has 142 valence electrons. The molecule has 0 spiro atoms. The molecule has 0 bridgehead atoms. The van der Waals surface area contributed by atoms with E-state index in [1.165, 1.54) is 20.9 Å². The van der Waals surface area contributed by atoms with Gasteiger partial charge in [-0.25, -0.2) is 0 Å². The largest absolute Gasteiger partial charge is 0.304 e. The standard InChI is InChI=1S/C23H22N2O2S/c1-2-16-9-11-17(12-10-16)21(20-8-5-15-28-20)24-13-14-25-22(26)18-6-3-4-7-19(18)23(25)27/h3-12,15,21,24H,2,13-14H2,1H3/t21-/m0/s1. The number of aryl methyl sites for hydroxylation is 1. The number of nitrogens with one attached hydrogen (secondary N) is 1. The van der Waals surface area contributed by atoms with Crippen LogP contribution in [0.1, 0.15) is 49.7 Å². The zero-order valence-corrected chi connectivity index (χ0v) is 16.5. The van der Waals surface area contributed by atoms with Crippen LogP contribution < -0.4 is 5.32 Å². The number of imide groups is 1. The summed E-state index contributed by atoms with van der Waals surface area (Å²) in [5.41, 5.74) is 3.48. The number of nitrogens with zero attached hydrogens (tertiary/aromatic N) is 1. The molecule has 4 nitrogen and oxygen atoms in total. The predicted octanol–water partition coefficient (Wildman–Crippen LogP) is 4.29. The monoisotopic (exact) mass is 390 g/mol. The van der Waals surface area contributed by atoms with E-state index in [2.05, 4.69) is 48.0 Å². The van der Waals surface area contributed by atoms with E-state index >= 15 is 0 Å². The second kappa shape index (κ2) is 8.09. The average Bonchev–Trinajstić information content (AvgIpc) is 3.35. The molecule has 5 heteroatoms. The van der Waals surface area contributed by atoms with Gasteiger partial charge in [-0.2, -0.15) is 0 Å². The Kier molecular flexibility index (Phi) is 5.37. The van der Waals surface area contributed by atoms with Gasteiger partial charge in [0, 0.05) is 18.0 Å². The smallest absolute Gasteiger partial charge is 0.261 e. The van der Waals surface area contributed by atoms with E-state index in [0.29, 0.717) is 24.2 Å². The van der Waals surface area contributed by atoms with Crippen molar-refractivity contribution in [2.45, 2.75) is 19.4 Å². The lowest BCUT2D eigenvalue weighted by Gasteiger charge is -2.21. The van der Waals surface area contributed by atoms with Crippen molar-refractivity contribution in [1.29, 1.82) is 0 Å². The van der Waals surface area contributed by atoms with Crippen LogP contribution in [0.25, 0.3) is 0 Å². The number of amides is 2. The summed E-state index contributed by atoms with van der Waals surface area (Å²) in [7, 11) is 0. The van der Waals surface area contributed by atoms with Crippen molar-refractivity contribution in [2.24, 2.45) is 0 Å². The summed E-state index contributed by atoms with van der Waals surface area (Å²) in [5.74, 6) is -0.412. The van der Waals surface area contributed by atoms with Gasteiger partial charge in [0.2, 0.25) is 0 Å². The van der Waals surface area contributed by atoms with E-state index in [-0.39, 0.29) is 17.9 Å². The number of thiophene rings is 1. The minimum atomic E-state index is -0.206. The lowest BCUT2D eigenvalue weighted by atomic mass is 10.0. The molecular formula is C23H22N2O2S. The number of carbonyl (C=O) groups excluding carboxylic acids is 2. The van der Waals surface area contributed by atoms with Gasteiger partial charge < -0.3 is 5.32 Å². The van der Waals surface area contributed by atoms with Crippen LogP contribution in [0.4, 0.5) is 0 Å². The zero-order chi connectivity index (χ0) is 19.5. The van der Waals surface area contributed by atoms with E-state index in [1.807, 2.05) is 6.07 Å². The molecule has 2 heterocycles. The molecule has 1 atom stereocenters. The van der Waals surface area contributed by atoms with Gasteiger partial charge in [0.1, 0.15) is 0 Å². The lowest BCUT2D eigenvalue weighted by Crippen LogP contribution is -2.37. The Balaban J connectivity index is 1.47. The molecule has 1 aliphatic heterocycles. The minimum absolute atomic E-state index is 0.0427. The molecule has 0 fully saturated rings. The van der Waals surface area contributed by atoms with Gasteiger partial charge in [-0.1, -0.05) is 49.4 Å². The van der Waals surface area contributed by atoms with Gasteiger partial charge in [-0.3, -0.25) is 14.5 Å². The van der Waals surface area contributed by atoms with Crippen molar-refractivity contribution in [1.82, 2.24) is 10.2 Å². The topological polar surface area (TPSA) is 49.4 Å². The van der Waals surface area contributed by atoms with Crippen LogP contribution >= 0.6 is 11.3 Å². The van der Waals surface area contributed by atoms with Crippen LogP contribution in [0.15, 0.2) is 66.0 Å². The molecule has 0 aliphatic carbocycles. The molecule has 0 saturated heterocycles. The molecule has 3 aromatic rings. The maximum atomic E-state index is 12.5. The van der Waals surface area contributed by atoms with E-state index < -0.39 is 0 Å². The first-order valence-corrected chi connectivity index (χ1v) is 10.4. The highest BCUT2D eigenvalue weighted by molar-refractivity contribution is 7.10. The summed E-state index contributed by atoms with van der Waals surface area (Å²) in [6, 6.07) is 19.8. The molecular weight excluding hydrogens is 368 g/mol. The number of benzene rings is 2. The number of hydrogen-bond donors (Lipinski definition) is 1. The Morgan fingerprint density at radius 3 is 2.18 bits per heavy atom. The van der Waals surface area contributed by atoms with E-state index in [1.54, 1.807) is 35.6 Å². The third-order valence-electron chi connectivity index (χ3n) is 5.11. The maximum Gasteiger partial charge on any atom is 0.261 e. The first-order valence-electron chi connectivity index (χ1n) is 9.50. The first kappa shape index (κ1) is 18.6. The van der Waals surface area contributed by atoms with E-state index in [4.69, 9.17) is 0 Å². The molecule has 28 heavy (non-hydrogen) atoms. The number of hydrogen-bond acceptors (Lipinski definition) is 4.